The van der Waals surface area contributed by atoms with Crippen molar-refractivity contribution in [3.05, 3.63) is 46.7 Å². The second-order valence-corrected chi connectivity index (χ2v) is 4.28. The predicted octanol–water partition coefficient (Wildman–Crippen LogP) is 2.38. The number of nitrogens with one attached hydrogen (secondary N) is 1. The third-order valence-electron chi connectivity index (χ3n) is 2.45. The molecule has 1 aromatic heterocycles. The minimum Gasteiger partial charge on any atom is -0.478 e. The number of nitrogens with zero attached hydrogens (tertiary/aromatic N) is 2. The van der Waals surface area contributed by atoms with E-state index in [-0.39, 0.29) is 10.6 Å². The number of rotatable bonds is 4. The lowest BCUT2D eigenvalue weighted by Gasteiger charge is -2.06. The lowest BCUT2D eigenvalue weighted by molar-refractivity contribution is 0.0697. The maximum absolute atomic E-state index is 10.9. The molecule has 0 aliphatic rings. The SMILES string of the molecule is Cn1cc(CNc2ccc(Cl)c(C(=O)O)c2)cn1. The normalized spacial score (nSPS) is 10.3. The molecule has 0 amide bonds. The first kappa shape index (κ1) is 12.4. The lowest BCUT2D eigenvalue weighted by atomic mass is 10.2. The zero-order valence-electron chi connectivity index (χ0n) is 9.72. The number of aromatic carboxylic acids is 1. The number of benzene rings is 1. The van der Waals surface area contributed by atoms with E-state index in [4.69, 9.17) is 16.7 Å². The molecule has 2 rings (SSSR count). The van der Waals surface area contributed by atoms with Crippen molar-refractivity contribution in [3.8, 4) is 0 Å². The lowest BCUT2D eigenvalue weighted by Crippen LogP contribution is -2.02. The van der Waals surface area contributed by atoms with Crippen LogP contribution in [0.3, 0.4) is 0 Å². The first-order chi connectivity index (χ1) is 8.56. The Labute approximate surface area is 109 Å². The molecule has 0 aliphatic heterocycles. The van der Waals surface area contributed by atoms with E-state index in [0.29, 0.717) is 12.2 Å². The third-order valence-corrected chi connectivity index (χ3v) is 2.78. The molecule has 0 atom stereocenters. The molecule has 1 aromatic carbocycles. The average molecular weight is 266 g/mol. The van der Waals surface area contributed by atoms with Crippen LogP contribution < -0.4 is 5.32 Å². The fraction of sp³-hybridized carbons (Fsp3) is 0.167. The van der Waals surface area contributed by atoms with Gasteiger partial charge in [0.05, 0.1) is 16.8 Å². The van der Waals surface area contributed by atoms with Gasteiger partial charge in [0, 0.05) is 31.0 Å². The molecule has 0 aliphatic carbocycles. The Kier molecular flexibility index (Phi) is 3.53. The molecule has 0 fully saturated rings. The molecule has 94 valence electrons. The van der Waals surface area contributed by atoms with Gasteiger partial charge in [-0.15, -0.1) is 0 Å². The number of hydrogen-bond acceptors (Lipinski definition) is 3. The zero-order valence-corrected chi connectivity index (χ0v) is 10.5. The van der Waals surface area contributed by atoms with E-state index in [1.165, 1.54) is 6.07 Å². The van der Waals surface area contributed by atoms with Gasteiger partial charge in [-0.1, -0.05) is 11.6 Å². The molecule has 6 heteroatoms. The van der Waals surface area contributed by atoms with Gasteiger partial charge in [-0.3, -0.25) is 4.68 Å². The largest absolute Gasteiger partial charge is 0.478 e. The quantitative estimate of drug-likeness (QED) is 0.891. The Morgan fingerprint density at radius 2 is 2.33 bits per heavy atom. The predicted molar refractivity (Wildman–Crippen MR) is 68.9 cm³/mol. The fourth-order valence-electron chi connectivity index (χ4n) is 1.57. The Morgan fingerprint density at radius 3 is 2.94 bits per heavy atom. The summed E-state index contributed by atoms with van der Waals surface area (Å²) in [5.74, 6) is -1.04. The van der Waals surface area contributed by atoms with Crippen molar-refractivity contribution in [3.63, 3.8) is 0 Å². The number of anilines is 1. The van der Waals surface area contributed by atoms with Crippen LogP contribution in [0, 0.1) is 0 Å². The van der Waals surface area contributed by atoms with Crippen molar-refractivity contribution in [1.82, 2.24) is 9.78 Å². The number of carbonyl (C=O) groups is 1. The van der Waals surface area contributed by atoms with Gasteiger partial charge in [0.1, 0.15) is 0 Å². The summed E-state index contributed by atoms with van der Waals surface area (Å²) in [6.07, 6.45) is 3.64. The van der Waals surface area contributed by atoms with Crippen LogP contribution in [0.25, 0.3) is 0 Å². The molecule has 0 bridgehead atoms. The maximum Gasteiger partial charge on any atom is 0.337 e. The molecule has 2 N–H and O–H groups in total. The first-order valence-corrected chi connectivity index (χ1v) is 5.68. The van der Waals surface area contributed by atoms with Crippen LogP contribution in [-0.2, 0) is 13.6 Å². The summed E-state index contributed by atoms with van der Waals surface area (Å²) < 4.78 is 1.71. The van der Waals surface area contributed by atoms with Gasteiger partial charge in [0.15, 0.2) is 0 Å². The Hall–Kier alpha value is -2.01. The van der Waals surface area contributed by atoms with E-state index in [1.807, 2.05) is 13.2 Å². The van der Waals surface area contributed by atoms with Crippen LogP contribution in [0.2, 0.25) is 5.02 Å². The molecule has 0 saturated carbocycles. The van der Waals surface area contributed by atoms with E-state index in [9.17, 15) is 4.79 Å². The molecule has 0 radical (unpaired) electrons. The molecule has 2 aromatic rings. The molecule has 5 nitrogen and oxygen atoms in total. The van der Waals surface area contributed by atoms with Crippen LogP contribution in [0.15, 0.2) is 30.6 Å². The van der Waals surface area contributed by atoms with E-state index in [0.717, 1.165) is 5.56 Å². The monoisotopic (exact) mass is 265 g/mol. The van der Waals surface area contributed by atoms with Crippen LogP contribution in [0.5, 0.6) is 0 Å². The standard InChI is InChI=1S/C12H12ClN3O2/c1-16-7-8(6-15-16)5-14-9-2-3-11(13)10(4-9)12(17)18/h2-4,6-7,14H,5H2,1H3,(H,17,18). The summed E-state index contributed by atoms with van der Waals surface area (Å²) in [4.78, 5) is 10.9. The molecule has 0 saturated heterocycles. The van der Waals surface area contributed by atoms with Gasteiger partial charge in [0.2, 0.25) is 0 Å². The van der Waals surface area contributed by atoms with E-state index in [1.54, 1.807) is 23.0 Å². The van der Waals surface area contributed by atoms with Gasteiger partial charge >= 0.3 is 5.97 Å². The smallest absolute Gasteiger partial charge is 0.337 e. The van der Waals surface area contributed by atoms with Crippen molar-refractivity contribution in [1.29, 1.82) is 0 Å². The molecular weight excluding hydrogens is 254 g/mol. The van der Waals surface area contributed by atoms with Crippen molar-refractivity contribution < 1.29 is 9.90 Å². The zero-order chi connectivity index (χ0) is 13.1. The summed E-state index contributed by atoms with van der Waals surface area (Å²) in [6.45, 7) is 0.578. The molecule has 0 unspecified atom stereocenters. The summed E-state index contributed by atoms with van der Waals surface area (Å²) in [5, 5.41) is 16.4. The van der Waals surface area contributed by atoms with Crippen LogP contribution in [0.4, 0.5) is 5.69 Å². The van der Waals surface area contributed by atoms with E-state index < -0.39 is 5.97 Å². The minimum absolute atomic E-state index is 0.0906. The number of aromatic nitrogens is 2. The van der Waals surface area contributed by atoms with Gasteiger partial charge in [-0.05, 0) is 18.2 Å². The molecule has 18 heavy (non-hydrogen) atoms. The highest BCUT2D eigenvalue weighted by Crippen LogP contribution is 2.20. The van der Waals surface area contributed by atoms with Crippen molar-refractivity contribution in [2.75, 3.05) is 5.32 Å². The minimum atomic E-state index is -1.04. The Bertz CT molecular complexity index is 580. The third kappa shape index (κ3) is 2.81. The number of carboxylic acid groups (broad SMARTS) is 1. The van der Waals surface area contributed by atoms with Gasteiger partial charge < -0.3 is 10.4 Å². The highest BCUT2D eigenvalue weighted by atomic mass is 35.5. The summed E-state index contributed by atoms with van der Waals surface area (Å²) in [5.41, 5.74) is 1.82. The van der Waals surface area contributed by atoms with Crippen LogP contribution in [-0.4, -0.2) is 20.9 Å². The van der Waals surface area contributed by atoms with E-state index >= 15 is 0 Å². The first-order valence-electron chi connectivity index (χ1n) is 5.30. The number of carboxylic acids is 1. The van der Waals surface area contributed by atoms with Crippen molar-refractivity contribution in [2.24, 2.45) is 7.05 Å². The summed E-state index contributed by atoms with van der Waals surface area (Å²) in [6, 6.07) is 4.82. The number of halogens is 1. The van der Waals surface area contributed by atoms with Crippen LogP contribution in [0.1, 0.15) is 15.9 Å². The molecule has 1 heterocycles. The summed E-state index contributed by atoms with van der Waals surface area (Å²) >= 11 is 5.79. The van der Waals surface area contributed by atoms with Gasteiger partial charge in [-0.25, -0.2) is 4.79 Å². The maximum atomic E-state index is 10.9. The van der Waals surface area contributed by atoms with Gasteiger partial charge in [0.25, 0.3) is 0 Å². The highest BCUT2D eigenvalue weighted by Gasteiger charge is 2.09. The average Bonchev–Trinajstić information content (AvgIpc) is 2.74. The Morgan fingerprint density at radius 1 is 1.56 bits per heavy atom. The van der Waals surface area contributed by atoms with Crippen molar-refractivity contribution >= 4 is 23.3 Å². The van der Waals surface area contributed by atoms with Gasteiger partial charge in [-0.2, -0.15) is 5.10 Å². The topological polar surface area (TPSA) is 67.2 Å². The van der Waals surface area contributed by atoms with Crippen molar-refractivity contribution in [2.45, 2.75) is 6.54 Å². The molecule has 0 spiro atoms. The Balaban J connectivity index is 2.10. The number of hydrogen-bond donors (Lipinski definition) is 2. The summed E-state index contributed by atoms with van der Waals surface area (Å²) in [7, 11) is 1.84. The fourth-order valence-corrected chi connectivity index (χ4v) is 1.76. The molecular formula is C12H12ClN3O2. The number of aryl methyl sites for hydroxylation is 1. The van der Waals surface area contributed by atoms with Crippen LogP contribution >= 0.6 is 11.6 Å². The highest BCUT2D eigenvalue weighted by molar-refractivity contribution is 6.33. The second-order valence-electron chi connectivity index (χ2n) is 3.88. The second kappa shape index (κ2) is 5.10. The van der Waals surface area contributed by atoms with E-state index in [2.05, 4.69) is 10.4 Å².